The molecule has 1 aromatic carbocycles. The first-order valence-electron chi connectivity index (χ1n) is 6.92. The lowest BCUT2D eigenvalue weighted by molar-refractivity contribution is -0.137. The highest BCUT2D eigenvalue weighted by atomic mass is 32.2. The lowest BCUT2D eigenvalue weighted by Crippen LogP contribution is -2.36. The van der Waals surface area contributed by atoms with Crippen LogP contribution in [0.25, 0.3) is 0 Å². The van der Waals surface area contributed by atoms with Crippen molar-refractivity contribution in [2.75, 3.05) is 17.2 Å². The zero-order chi connectivity index (χ0) is 14.4. The largest absolute Gasteiger partial charge is 0.481 e. The van der Waals surface area contributed by atoms with Crippen molar-refractivity contribution in [1.82, 2.24) is 0 Å². The van der Waals surface area contributed by atoms with Crippen molar-refractivity contribution < 1.29 is 14.7 Å². The molecule has 0 bridgehead atoms. The number of fused-ring (bicyclic) bond motifs is 1. The van der Waals surface area contributed by atoms with Crippen LogP contribution in [0, 0.1) is 0 Å². The van der Waals surface area contributed by atoms with Gasteiger partial charge in [0.25, 0.3) is 0 Å². The number of carbonyl (C=O) groups is 2. The normalized spacial score (nSPS) is 14.2. The van der Waals surface area contributed by atoms with Gasteiger partial charge < -0.3 is 10.0 Å². The topological polar surface area (TPSA) is 57.6 Å². The average Bonchev–Trinajstić information content (AvgIpc) is 2.44. The summed E-state index contributed by atoms with van der Waals surface area (Å²) in [6.45, 7) is 0.726. The number of carboxylic acid groups (broad SMARTS) is 1. The van der Waals surface area contributed by atoms with Gasteiger partial charge in [0.2, 0.25) is 5.91 Å². The number of carbonyl (C=O) groups excluding carboxylic acids is 1. The molecular weight excluding hydrogens is 274 g/mol. The SMILES string of the molecule is O=C(O)CCCCCCN1C(=O)CSc2ccccc21. The molecule has 1 amide bonds. The van der Waals surface area contributed by atoms with Gasteiger partial charge in [-0.25, -0.2) is 0 Å². The zero-order valence-corrected chi connectivity index (χ0v) is 12.2. The Morgan fingerprint density at radius 1 is 1.20 bits per heavy atom. The van der Waals surface area contributed by atoms with Gasteiger partial charge in [-0.2, -0.15) is 0 Å². The number of aliphatic carboxylic acids is 1. The van der Waals surface area contributed by atoms with E-state index in [9.17, 15) is 9.59 Å². The Balaban J connectivity index is 1.80. The number of nitrogens with zero attached hydrogens (tertiary/aromatic N) is 1. The summed E-state index contributed by atoms with van der Waals surface area (Å²) >= 11 is 1.59. The molecule has 0 aliphatic carbocycles. The summed E-state index contributed by atoms with van der Waals surface area (Å²) in [6, 6.07) is 7.99. The lowest BCUT2D eigenvalue weighted by Gasteiger charge is -2.28. The lowest BCUT2D eigenvalue weighted by atomic mass is 10.1. The van der Waals surface area contributed by atoms with Gasteiger partial charge in [0.05, 0.1) is 11.4 Å². The Kier molecular flexibility index (Phi) is 5.47. The number of para-hydroxylation sites is 1. The molecule has 0 aromatic heterocycles. The number of rotatable bonds is 7. The van der Waals surface area contributed by atoms with E-state index < -0.39 is 5.97 Å². The van der Waals surface area contributed by atoms with Crippen LogP contribution in [0.2, 0.25) is 0 Å². The van der Waals surface area contributed by atoms with Gasteiger partial charge in [0, 0.05) is 17.9 Å². The molecule has 108 valence electrons. The van der Waals surface area contributed by atoms with Gasteiger partial charge >= 0.3 is 5.97 Å². The summed E-state index contributed by atoms with van der Waals surface area (Å²) < 4.78 is 0. The fourth-order valence-corrected chi connectivity index (χ4v) is 3.23. The second kappa shape index (κ2) is 7.33. The minimum atomic E-state index is -0.734. The molecule has 0 radical (unpaired) electrons. The molecule has 1 aliphatic heterocycles. The van der Waals surface area contributed by atoms with Crippen molar-refractivity contribution in [1.29, 1.82) is 0 Å². The molecule has 1 aromatic rings. The highest BCUT2D eigenvalue weighted by molar-refractivity contribution is 8.00. The van der Waals surface area contributed by atoms with Crippen LogP contribution in [-0.2, 0) is 9.59 Å². The quantitative estimate of drug-likeness (QED) is 0.785. The Bertz CT molecular complexity index is 490. The van der Waals surface area contributed by atoms with Gasteiger partial charge in [-0.3, -0.25) is 9.59 Å². The van der Waals surface area contributed by atoms with Gasteiger partial charge in [-0.05, 0) is 25.0 Å². The number of thioether (sulfide) groups is 1. The predicted octanol–water partition coefficient (Wildman–Crippen LogP) is 3.16. The Hall–Kier alpha value is -1.49. The van der Waals surface area contributed by atoms with Gasteiger partial charge in [-0.15, -0.1) is 11.8 Å². The minimum absolute atomic E-state index is 0.166. The highest BCUT2D eigenvalue weighted by Crippen LogP contribution is 2.34. The van der Waals surface area contributed by atoms with Crippen molar-refractivity contribution in [3.05, 3.63) is 24.3 Å². The monoisotopic (exact) mass is 293 g/mol. The summed E-state index contributed by atoms with van der Waals surface area (Å²) in [7, 11) is 0. The molecule has 0 saturated carbocycles. The van der Waals surface area contributed by atoms with Crippen LogP contribution in [-0.4, -0.2) is 29.3 Å². The first kappa shape index (κ1) is 14.9. The van der Waals surface area contributed by atoms with Crippen LogP contribution in [0.3, 0.4) is 0 Å². The maximum absolute atomic E-state index is 12.0. The molecule has 1 aliphatic rings. The third kappa shape index (κ3) is 4.00. The molecule has 2 rings (SSSR count). The second-order valence-corrected chi connectivity index (χ2v) is 5.88. The second-order valence-electron chi connectivity index (χ2n) is 4.86. The molecule has 1 heterocycles. The maximum Gasteiger partial charge on any atom is 0.303 e. The molecule has 0 atom stereocenters. The van der Waals surface area contributed by atoms with E-state index >= 15 is 0 Å². The van der Waals surface area contributed by atoms with Crippen LogP contribution in [0.1, 0.15) is 32.1 Å². The first-order valence-corrected chi connectivity index (χ1v) is 7.91. The van der Waals surface area contributed by atoms with Crippen LogP contribution in [0.5, 0.6) is 0 Å². The Morgan fingerprint density at radius 3 is 2.75 bits per heavy atom. The van der Waals surface area contributed by atoms with Crippen molar-refractivity contribution >= 4 is 29.3 Å². The fourth-order valence-electron chi connectivity index (χ4n) is 2.30. The summed E-state index contributed by atoms with van der Waals surface area (Å²) in [5.74, 6) is -0.0582. The number of unbranched alkanes of at least 4 members (excludes halogenated alkanes) is 3. The summed E-state index contributed by atoms with van der Waals surface area (Å²) in [5, 5.41) is 8.56. The van der Waals surface area contributed by atoms with E-state index in [2.05, 4.69) is 0 Å². The van der Waals surface area contributed by atoms with Crippen molar-refractivity contribution in [3.63, 3.8) is 0 Å². The van der Waals surface area contributed by atoms with E-state index in [1.807, 2.05) is 29.2 Å². The number of amides is 1. The van der Waals surface area contributed by atoms with E-state index in [0.29, 0.717) is 5.75 Å². The van der Waals surface area contributed by atoms with E-state index in [1.54, 1.807) is 11.8 Å². The van der Waals surface area contributed by atoms with Crippen LogP contribution in [0.4, 0.5) is 5.69 Å². The van der Waals surface area contributed by atoms with Gasteiger partial charge in [0.15, 0.2) is 0 Å². The smallest absolute Gasteiger partial charge is 0.303 e. The molecule has 1 N–H and O–H groups in total. The highest BCUT2D eigenvalue weighted by Gasteiger charge is 2.23. The Morgan fingerprint density at radius 2 is 1.95 bits per heavy atom. The molecule has 20 heavy (non-hydrogen) atoms. The summed E-state index contributed by atoms with van der Waals surface area (Å²) in [6.07, 6.45) is 3.75. The van der Waals surface area contributed by atoms with Gasteiger partial charge in [0.1, 0.15) is 0 Å². The number of hydrogen-bond acceptors (Lipinski definition) is 3. The van der Waals surface area contributed by atoms with Gasteiger partial charge in [-0.1, -0.05) is 25.0 Å². The molecule has 0 spiro atoms. The first-order chi connectivity index (χ1) is 9.68. The van der Waals surface area contributed by atoms with Crippen LogP contribution >= 0.6 is 11.8 Å². The summed E-state index contributed by atoms with van der Waals surface area (Å²) in [4.78, 5) is 25.4. The summed E-state index contributed by atoms with van der Waals surface area (Å²) in [5.41, 5.74) is 1.01. The van der Waals surface area contributed by atoms with E-state index in [4.69, 9.17) is 5.11 Å². The van der Waals surface area contributed by atoms with Crippen molar-refractivity contribution in [3.8, 4) is 0 Å². The van der Waals surface area contributed by atoms with Crippen LogP contribution < -0.4 is 4.90 Å². The predicted molar refractivity (Wildman–Crippen MR) is 80.2 cm³/mol. The molecule has 0 fully saturated rings. The third-order valence-corrected chi connectivity index (χ3v) is 4.38. The fraction of sp³-hybridized carbons (Fsp3) is 0.467. The van der Waals surface area contributed by atoms with E-state index in [1.165, 1.54) is 0 Å². The van der Waals surface area contributed by atoms with E-state index in [-0.39, 0.29) is 12.3 Å². The Labute approximate surface area is 123 Å². The van der Waals surface area contributed by atoms with Crippen molar-refractivity contribution in [2.24, 2.45) is 0 Å². The molecular formula is C15H19NO3S. The molecule has 5 heteroatoms. The molecule has 4 nitrogen and oxygen atoms in total. The number of anilines is 1. The average molecular weight is 293 g/mol. The standard InChI is InChI=1S/C15H19NO3S/c17-14-11-20-13-8-5-4-7-12(13)16(14)10-6-2-1-3-9-15(18)19/h4-5,7-8H,1-3,6,9-11H2,(H,18,19). The third-order valence-electron chi connectivity index (χ3n) is 3.33. The number of carboxylic acids is 1. The van der Waals surface area contributed by atoms with E-state index in [0.717, 1.165) is 42.8 Å². The zero-order valence-electron chi connectivity index (χ0n) is 11.4. The number of hydrogen-bond donors (Lipinski definition) is 1. The molecule has 0 unspecified atom stereocenters. The van der Waals surface area contributed by atoms with Crippen molar-refractivity contribution in [2.45, 2.75) is 37.0 Å². The molecule has 0 saturated heterocycles. The maximum atomic E-state index is 12.0. The minimum Gasteiger partial charge on any atom is -0.481 e. The van der Waals surface area contributed by atoms with Crippen LogP contribution in [0.15, 0.2) is 29.2 Å². The number of benzene rings is 1.